The summed E-state index contributed by atoms with van der Waals surface area (Å²) in [6.45, 7) is 1.71. The van der Waals surface area contributed by atoms with Crippen LogP contribution >= 0.6 is 0 Å². The van der Waals surface area contributed by atoms with Gasteiger partial charge in [0.15, 0.2) is 6.29 Å². The molecule has 0 amide bonds. The first kappa shape index (κ1) is 8.93. The van der Waals surface area contributed by atoms with E-state index >= 15 is 0 Å². The third-order valence-electron chi connectivity index (χ3n) is 1.97. The van der Waals surface area contributed by atoms with Gasteiger partial charge >= 0.3 is 0 Å². The lowest BCUT2D eigenvalue weighted by molar-refractivity contribution is -0.231. The molecule has 1 fully saturated rings. The van der Waals surface area contributed by atoms with Gasteiger partial charge in [-0.05, 0) is 6.92 Å². The van der Waals surface area contributed by atoms with Gasteiger partial charge in [0.05, 0.1) is 12.2 Å². The minimum atomic E-state index is -0.807. The summed E-state index contributed by atoms with van der Waals surface area (Å²) >= 11 is 0. The van der Waals surface area contributed by atoms with Crippen molar-refractivity contribution in [1.82, 2.24) is 0 Å². The van der Waals surface area contributed by atoms with Crippen LogP contribution in [0.4, 0.5) is 0 Å². The first-order valence-electron chi connectivity index (χ1n) is 3.69. The van der Waals surface area contributed by atoms with Crippen LogP contribution in [-0.4, -0.2) is 41.9 Å². The molecule has 0 saturated carbocycles. The maximum atomic E-state index is 9.39. The van der Waals surface area contributed by atoms with Crippen molar-refractivity contribution in [1.29, 1.82) is 0 Å². The van der Waals surface area contributed by atoms with Gasteiger partial charge in [-0.2, -0.15) is 0 Å². The Kier molecular flexibility index (Phi) is 2.84. The number of methoxy groups -OCH3 is 1. The monoisotopic (exact) mass is 162 g/mol. The van der Waals surface area contributed by atoms with Crippen LogP contribution in [0, 0.1) is 0 Å². The summed E-state index contributed by atoms with van der Waals surface area (Å²) in [4.78, 5) is 0. The SMILES string of the molecule is CO[C@H]1CC(O)O[C@@H](C)C1O. The first-order chi connectivity index (χ1) is 5.15. The van der Waals surface area contributed by atoms with E-state index < -0.39 is 12.4 Å². The highest BCUT2D eigenvalue weighted by molar-refractivity contribution is 4.80. The maximum absolute atomic E-state index is 9.39. The fourth-order valence-corrected chi connectivity index (χ4v) is 1.26. The zero-order valence-electron chi connectivity index (χ0n) is 6.73. The van der Waals surface area contributed by atoms with E-state index in [-0.39, 0.29) is 12.2 Å². The van der Waals surface area contributed by atoms with Gasteiger partial charge in [-0.3, -0.25) is 0 Å². The summed E-state index contributed by atoms with van der Waals surface area (Å²) in [6.07, 6.45) is -1.78. The Labute approximate surface area is 65.7 Å². The van der Waals surface area contributed by atoms with Crippen LogP contribution in [0.25, 0.3) is 0 Å². The molecule has 0 aromatic heterocycles. The van der Waals surface area contributed by atoms with E-state index in [0.29, 0.717) is 6.42 Å². The van der Waals surface area contributed by atoms with Crippen LogP contribution in [0.15, 0.2) is 0 Å². The van der Waals surface area contributed by atoms with Crippen molar-refractivity contribution in [2.24, 2.45) is 0 Å². The van der Waals surface area contributed by atoms with Crippen molar-refractivity contribution in [2.45, 2.75) is 37.9 Å². The van der Waals surface area contributed by atoms with Gasteiger partial charge in [-0.25, -0.2) is 0 Å². The topological polar surface area (TPSA) is 58.9 Å². The molecule has 4 atom stereocenters. The summed E-state index contributed by atoms with van der Waals surface area (Å²) < 4.78 is 9.91. The third kappa shape index (κ3) is 1.90. The molecule has 0 aromatic rings. The lowest BCUT2D eigenvalue weighted by Crippen LogP contribution is -2.47. The smallest absolute Gasteiger partial charge is 0.157 e. The van der Waals surface area contributed by atoms with E-state index in [4.69, 9.17) is 14.6 Å². The van der Waals surface area contributed by atoms with Crippen molar-refractivity contribution < 1.29 is 19.7 Å². The lowest BCUT2D eigenvalue weighted by atomic mass is 10.0. The summed E-state index contributed by atoms with van der Waals surface area (Å²) in [5.41, 5.74) is 0. The molecule has 0 aromatic carbocycles. The van der Waals surface area contributed by atoms with Crippen LogP contribution in [0.5, 0.6) is 0 Å². The Morgan fingerprint density at radius 3 is 2.64 bits per heavy atom. The molecule has 1 rings (SSSR count). The number of hydrogen-bond acceptors (Lipinski definition) is 4. The molecule has 1 heterocycles. The molecular weight excluding hydrogens is 148 g/mol. The van der Waals surface area contributed by atoms with Crippen LogP contribution < -0.4 is 0 Å². The highest BCUT2D eigenvalue weighted by atomic mass is 16.6. The van der Waals surface area contributed by atoms with Crippen molar-refractivity contribution in [3.05, 3.63) is 0 Å². The molecule has 1 aliphatic heterocycles. The van der Waals surface area contributed by atoms with Gasteiger partial charge in [-0.15, -0.1) is 0 Å². The first-order valence-corrected chi connectivity index (χ1v) is 3.69. The molecule has 66 valence electrons. The quantitative estimate of drug-likeness (QED) is 0.545. The number of aliphatic hydroxyl groups is 2. The van der Waals surface area contributed by atoms with Gasteiger partial charge < -0.3 is 19.7 Å². The second-order valence-corrected chi connectivity index (χ2v) is 2.80. The molecule has 2 N–H and O–H groups in total. The van der Waals surface area contributed by atoms with Crippen molar-refractivity contribution >= 4 is 0 Å². The van der Waals surface area contributed by atoms with Crippen LogP contribution in [-0.2, 0) is 9.47 Å². The molecule has 4 heteroatoms. The number of aliphatic hydroxyl groups excluding tert-OH is 2. The Morgan fingerprint density at radius 1 is 1.45 bits per heavy atom. The Morgan fingerprint density at radius 2 is 2.09 bits per heavy atom. The Balaban J connectivity index is 2.51. The van der Waals surface area contributed by atoms with Crippen LogP contribution in [0.3, 0.4) is 0 Å². The van der Waals surface area contributed by atoms with E-state index in [1.807, 2.05) is 0 Å². The molecule has 0 aliphatic carbocycles. The average molecular weight is 162 g/mol. The average Bonchev–Trinajstić information content (AvgIpc) is 1.96. The third-order valence-corrected chi connectivity index (χ3v) is 1.97. The molecule has 11 heavy (non-hydrogen) atoms. The second kappa shape index (κ2) is 3.49. The van der Waals surface area contributed by atoms with Crippen LogP contribution in [0.1, 0.15) is 13.3 Å². The summed E-state index contributed by atoms with van der Waals surface area (Å²) in [6, 6.07) is 0. The zero-order chi connectivity index (χ0) is 8.43. The van der Waals surface area contributed by atoms with Crippen LogP contribution in [0.2, 0.25) is 0 Å². The summed E-state index contributed by atoms with van der Waals surface area (Å²) in [5.74, 6) is 0. The predicted octanol–water partition coefficient (Wildman–Crippen LogP) is -0.510. The molecule has 0 spiro atoms. The molecular formula is C7H14O4. The highest BCUT2D eigenvalue weighted by Gasteiger charge is 2.34. The van der Waals surface area contributed by atoms with Gasteiger partial charge in [0.2, 0.25) is 0 Å². The van der Waals surface area contributed by atoms with E-state index in [2.05, 4.69) is 0 Å². The van der Waals surface area contributed by atoms with Gasteiger partial charge in [-0.1, -0.05) is 0 Å². The fraction of sp³-hybridized carbons (Fsp3) is 1.00. The predicted molar refractivity (Wildman–Crippen MR) is 38.0 cm³/mol. The number of ether oxygens (including phenoxy) is 2. The van der Waals surface area contributed by atoms with E-state index in [9.17, 15) is 5.11 Å². The standard InChI is InChI=1S/C7H14O4/c1-4-7(9)5(10-2)3-6(8)11-4/h4-9H,3H2,1-2H3/t4-,5-,6?,7?/m0/s1. The Bertz CT molecular complexity index is 128. The fourth-order valence-electron chi connectivity index (χ4n) is 1.26. The van der Waals surface area contributed by atoms with Crippen molar-refractivity contribution in [3.8, 4) is 0 Å². The largest absolute Gasteiger partial charge is 0.388 e. The molecule has 1 aliphatic rings. The minimum Gasteiger partial charge on any atom is -0.388 e. The summed E-state index contributed by atoms with van der Waals surface area (Å²) in [5, 5.41) is 18.5. The van der Waals surface area contributed by atoms with E-state index in [1.54, 1.807) is 6.92 Å². The second-order valence-electron chi connectivity index (χ2n) is 2.80. The zero-order valence-corrected chi connectivity index (χ0v) is 6.73. The van der Waals surface area contributed by atoms with Gasteiger partial charge in [0, 0.05) is 13.5 Å². The number of rotatable bonds is 1. The minimum absolute atomic E-state index is 0.311. The summed E-state index contributed by atoms with van der Waals surface area (Å²) in [7, 11) is 1.51. The maximum Gasteiger partial charge on any atom is 0.157 e. The molecule has 2 unspecified atom stereocenters. The van der Waals surface area contributed by atoms with E-state index in [1.165, 1.54) is 7.11 Å². The number of hydrogen-bond donors (Lipinski definition) is 2. The molecule has 0 bridgehead atoms. The molecule has 1 saturated heterocycles. The Hall–Kier alpha value is -0.160. The molecule has 0 radical (unpaired) electrons. The van der Waals surface area contributed by atoms with Crippen molar-refractivity contribution in [2.75, 3.05) is 7.11 Å². The van der Waals surface area contributed by atoms with E-state index in [0.717, 1.165) is 0 Å². The van der Waals surface area contributed by atoms with Gasteiger partial charge in [0.1, 0.15) is 6.10 Å². The molecule has 4 nitrogen and oxygen atoms in total. The van der Waals surface area contributed by atoms with Crippen molar-refractivity contribution in [3.63, 3.8) is 0 Å². The normalized spacial score (nSPS) is 45.8. The lowest BCUT2D eigenvalue weighted by Gasteiger charge is -2.34. The highest BCUT2D eigenvalue weighted by Crippen LogP contribution is 2.20. The van der Waals surface area contributed by atoms with Gasteiger partial charge in [0.25, 0.3) is 0 Å².